The Labute approximate surface area is 163 Å². The molecule has 2 aromatic carbocycles. The summed E-state index contributed by atoms with van der Waals surface area (Å²) in [5, 5.41) is 6.77. The number of ether oxygens (including phenoxy) is 1. The summed E-state index contributed by atoms with van der Waals surface area (Å²) in [7, 11) is 0. The fourth-order valence-corrected chi connectivity index (χ4v) is 2.87. The van der Waals surface area contributed by atoms with E-state index in [1.807, 2.05) is 5.38 Å². The molecule has 0 bridgehead atoms. The maximum Gasteiger partial charge on any atom is 0.405 e. The van der Waals surface area contributed by atoms with Crippen molar-refractivity contribution in [3.05, 3.63) is 70.7 Å². The van der Waals surface area contributed by atoms with Crippen molar-refractivity contribution >= 4 is 28.6 Å². The average molecular weight is 407 g/mol. The summed E-state index contributed by atoms with van der Waals surface area (Å²) in [6.45, 7) is -0.918. The number of amides is 1. The minimum atomic E-state index is -4.36. The molecule has 0 aliphatic heterocycles. The van der Waals surface area contributed by atoms with Gasteiger partial charge >= 0.3 is 6.18 Å². The van der Waals surface area contributed by atoms with Crippen LogP contribution in [-0.4, -0.2) is 23.6 Å². The van der Waals surface area contributed by atoms with Crippen molar-refractivity contribution in [1.82, 2.24) is 4.98 Å². The molecule has 1 heterocycles. The minimum Gasteiger partial charge on any atom is -0.487 e. The molecule has 1 amide bonds. The number of aromatic nitrogens is 1. The number of nitrogens with one attached hydrogen (secondary N) is 2. The number of para-hydroxylation sites is 2. The number of carbonyl (C=O) groups is 1. The molecular weight excluding hydrogens is 391 g/mol. The molecule has 0 unspecified atom stereocenters. The number of carbonyl (C=O) groups excluding carboxylic acids is 1. The van der Waals surface area contributed by atoms with Gasteiger partial charge in [0, 0.05) is 10.9 Å². The van der Waals surface area contributed by atoms with E-state index in [-0.39, 0.29) is 18.0 Å². The summed E-state index contributed by atoms with van der Waals surface area (Å²) in [5.74, 6) is 0.0319. The Morgan fingerprint density at radius 1 is 1.11 bits per heavy atom. The van der Waals surface area contributed by atoms with Crippen LogP contribution in [0.15, 0.2) is 59.4 Å². The fourth-order valence-electron chi connectivity index (χ4n) is 2.33. The zero-order valence-corrected chi connectivity index (χ0v) is 15.3. The Morgan fingerprint density at radius 3 is 2.61 bits per heavy atom. The van der Waals surface area contributed by atoms with Gasteiger partial charge in [-0.2, -0.15) is 13.2 Å². The molecule has 1 aromatic heterocycles. The van der Waals surface area contributed by atoms with Crippen molar-refractivity contribution < 1.29 is 22.7 Å². The molecule has 0 aliphatic carbocycles. The lowest BCUT2D eigenvalue weighted by Gasteiger charge is -2.14. The number of alkyl halides is 3. The Kier molecular flexibility index (Phi) is 6.15. The number of rotatable bonds is 7. The van der Waals surface area contributed by atoms with Crippen LogP contribution in [-0.2, 0) is 6.61 Å². The van der Waals surface area contributed by atoms with E-state index < -0.39 is 18.6 Å². The van der Waals surface area contributed by atoms with Gasteiger partial charge in [0.2, 0.25) is 0 Å². The highest BCUT2D eigenvalue weighted by Crippen LogP contribution is 2.25. The third kappa shape index (κ3) is 5.71. The van der Waals surface area contributed by atoms with Crippen molar-refractivity contribution in [2.24, 2.45) is 0 Å². The van der Waals surface area contributed by atoms with E-state index in [0.29, 0.717) is 11.3 Å². The van der Waals surface area contributed by atoms with E-state index >= 15 is 0 Å². The van der Waals surface area contributed by atoms with E-state index in [1.165, 1.54) is 23.5 Å². The van der Waals surface area contributed by atoms with Gasteiger partial charge in [-0.3, -0.25) is 4.79 Å². The second-order valence-electron chi connectivity index (χ2n) is 5.76. The third-order valence-corrected chi connectivity index (χ3v) is 4.26. The van der Waals surface area contributed by atoms with Crippen molar-refractivity contribution in [2.75, 3.05) is 17.2 Å². The molecule has 0 aliphatic rings. The Balaban J connectivity index is 1.67. The van der Waals surface area contributed by atoms with Gasteiger partial charge in [-0.05, 0) is 30.3 Å². The molecule has 0 spiro atoms. The first-order valence-electron chi connectivity index (χ1n) is 8.22. The maximum atomic E-state index is 12.5. The monoisotopic (exact) mass is 407 g/mol. The third-order valence-electron chi connectivity index (χ3n) is 3.62. The topological polar surface area (TPSA) is 63.2 Å². The molecular formula is C19H16F3N3O2S. The number of benzene rings is 2. The van der Waals surface area contributed by atoms with Crippen LogP contribution < -0.4 is 15.4 Å². The highest BCUT2D eigenvalue weighted by Gasteiger charge is 2.27. The molecule has 3 aromatic rings. The molecule has 2 N–H and O–H groups in total. The molecule has 0 saturated carbocycles. The normalized spacial score (nSPS) is 11.1. The summed E-state index contributed by atoms with van der Waals surface area (Å²) in [6, 6.07) is 12.7. The van der Waals surface area contributed by atoms with Crippen molar-refractivity contribution in [3.8, 4) is 5.75 Å². The largest absolute Gasteiger partial charge is 0.487 e. The highest BCUT2D eigenvalue weighted by atomic mass is 32.1. The Bertz CT molecular complexity index is 930. The maximum absolute atomic E-state index is 12.5. The molecule has 9 heteroatoms. The predicted molar refractivity (Wildman–Crippen MR) is 102 cm³/mol. The smallest absolute Gasteiger partial charge is 0.405 e. The number of thiazole rings is 1. The summed E-state index contributed by atoms with van der Waals surface area (Å²) in [6.07, 6.45) is -4.36. The second kappa shape index (κ2) is 8.75. The molecule has 146 valence electrons. The molecule has 0 radical (unpaired) electrons. The van der Waals surface area contributed by atoms with Crippen molar-refractivity contribution in [3.63, 3.8) is 0 Å². The predicted octanol–water partition coefficient (Wildman–Crippen LogP) is 4.95. The van der Waals surface area contributed by atoms with E-state index in [2.05, 4.69) is 15.6 Å². The number of hydrogen-bond acceptors (Lipinski definition) is 5. The summed E-state index contributed by atoms with van der Waals surface area (Å²) in [4.78, 5) is 16.6. The minimum absolute atomic E-state index is 0.184. The van der Waals surface area contributed by atoms with Gasteiger partial charge in [0.1, 0.15) is 18.9 Å². The number of nitrogens with zero attached hydrogens (tertiary/aromatic N) is 1. The molecule has 0 fully saturated rings. The Morgan fingerprint density at radius 2 is 1.89 bits per heavy atom. The highest BCUT2D eigenvalue weighted by molar-refractivity contribution is 7.07. The Hall–Kier alpha value is -3.07. The van der Waals surface area contributed by atoms with Gasteiger partial charge in [-0.15, -0.1) is 11.3 Å². The standard InChI is InChI=1S/C19H16F3N3O2S/c20-19(21,22)11-23-16-6-1-2-7-17(16)25-18(26)13-4-3-5-15(8-13)27-9-14-10-28-12-24-14/h1-8,10,12,23H,9,11H2,(H,25,26). The van der Waals surface area contributed by atoms with Gasteiger partial charge in [0.15, 0.2) is 0 Å². The summed E-state index contributed by atoms with van der Waals surface area (Å²) >= 11 is 1.46. The molecule has 3 rings (SSSR count). The number of anilines is 2. The second-order valence-corrected chi connectivity index (χ2v) is 6.48. The lowest BCUT2D eigenvalue weighted by atomic mass is 10.2. The van der Waals surface area contributed by atoms with Gasteiger partial charge in [-0.1, -0.05) is 18.2 Å². The zero-order chi connectivity index (χ0) is 20.0. The fraction of sp³-hybridized carbons (Fsp3) is 0.158. The van der Waals surface area contributed by atoms with Crippen molar-refractivity contribution in [2.45, 2.75) is 12.8 Å². The van der Waals surface area contributed by atoms with E-state index in [1.54, 1.807) is 41.9 Å². The first-order chi connectivity index (χ1) is 13.4. The van der Waals surface area contributed by atoms with E-state index in [4.69, 9.17) is 4.74 Å². The zero-order valence-electron chi connectivity index (χ0n) is 14.5. The van der Waals surface area contributed by atoms with Crippen LogP contribution in [0.25, 0.3) is 0 Å². The number of halogens is 3. The first kappa shape index (κ1) is 19.7. The van der Waals surface area contributed by atoms with Gasteiger partial charge in [0.05, 0.1) is 22.6 Å². The van der Waals surface area contributed by atoms with Crippen LogP contribution in [0.3, 0.4) is 0 Å². The quantitative estimate of drug-likeness (QED) is 0.582. The molecule has 0 atom stereocenters. The lowest BCUT2D eigenvalue weighted by Crippen LogP contribution is -2.22. The lowest BCUT2D eigenvalue weighted by molar-refractivity contribution is -0.115. The summed E-state index contributed by atoms with van der Waals surface area (Å²) in [5.41, 5.74) is 3.24. The summed E-state index contributed by atoms with van der Waals surface area (Å²) < 4.78 is 43.0. The molecule has 28 heavy (non-hydrogen) atoms. The van der Waals surface area contributed by atoms with Gasteiger partial charge in [-0.25, -0.2) is 4.98 Å². The van der Waals surface area contributed by atoms with Crippen LogP contribution in [0.4, 0.5) is 24.5 Å². The van der Waals surface area contributed by atoms with Crippen molar-refractivity contribution in [1.29, 1.82) is 0 Å². The van der Waals surface area contributed by atoms with E-state index in [0.717, 1.165) is 5.69 Å². The van der Waals surface area contributed by atoms with Crippen LogP contribution in [0.5, 0.6) is 5.75 Å². The van der Waals surface area contributed by atoms with Gasteiger partial charge < -0.3 is 15.4 Å². The first-order valence-corrected chi connectivity index (χ1v) is 9.16. The van der Waals surface area contributed by atoms with Crippen LogP contribution in [0.1, 0.15) is 16.1 Å². The average Bonchev–Trinajstić information content (AvgIpc) is 3.19. The van der Waals surface area contributed by atoms with Crippen LogP contribution in [0.2, 0.25) is 0 Å². The van der Waals surface area contributed by atoms with Crippen LogP contribution >= 0.6 is 11.3 Å². The van der Waals surface area contributed by atoms with Crippen LogP contribution in [0, 0.1) is 0 Å². The van der Waals surface area contributed by atoms with Gasteiger partial charge in [0.25, 0.3) is 5.91 Å². The van der Waals surface area contributed by atoms with E-state index in [9.17, 15) is 18.0 Å². The SMILES string of the molecule is O=C(Nc1ccccc1NCC(F)(F)F)c1cccc(OCc2cscn2)c1. The molecule has 5 nitrogen and oxygen atoms in total. The number of hydrogen-bond donors (Lipinski definition) is 2. The molecule has 0 saturated heterocycles.